The Labute approximate surface area is 146 Å². The maximum absolute atomic E-state index is 13.9. The lowest BCUT2D eigenvalue weighted by Gasteiger charge is -2.48. The van der Waals surface area contributed by atoms with E-state index in [1.54, 1.807) is 6.07 Å². The first-order valence-corrected chi connectivity index (χ1v) is 8.97. The zero-order chi connectivity index (χ0) is 17.3. The van der Waals surface area contributed by atoms with E-state index in [2.05, 4.69) is 16.0 Å². The molecule has 2 amide bonds. The Balaban J connectivity index is 1.67. The minimum Gasteiger partial charge on any atom is -0.488 e. The molecule has 3 heterocycles. The number of hydrogen-bond acceptors (Lipinski definition) is 4. The molecule has 1 spiro atoms. The van der Waals surface area contributed by atoms with Gasteiger partial charge in [0.25, 0.3) is 0 Å². The van der Waals surface area contributed by atoms with Crippen molar-refractivity contribution in [2.24, 2.45) is 0 Å². The molecule has 3 aliphatic heterocycles. The van der Waals surface area contributed by atoms with Crippen LogP contribution < -0.4 is 20.7 Å². The lowest BCUT2D eigenvalue weighted by Crippen LogP contribution is -2.65. The van der Waals surface area contributed by atoms with Gasteiger partial charge in [0.15, 0.2) is 0 Å². The molecule has 3 N–H and O–H groups in total. The van der Waals surface area contributed by atoms with E-state index in [1.807, 2.05) is 0 Å². The van der Waals surface area contributed by atoms with Gasteiger partial charge in [0, 0.05) is 30.5 Å². The van der Waals surface area contributed by atoms with Crippen molar-refractivity contribution in [2.45, 2.75) is 36.8 Å². The van der Waals surface area contributed by atoms with E-state index in [1.165, 1.54) is 12.1 Å². The van der Waals surface area contributed by atoms with E-state index < -0.39 is 0 Å². The van der Waals surface area contributed by atoms with Crippen molar-refractivity contribution in [3.05, 3.63) is 29.6 Å². The largest absolute Gasteiger partial charge is 0.488 e. The van der Waals surface area contributed by atoms with Crippen molar-refractivity contribution in [2.75, 3.05) is 32.8 Å². The summed E-state index contributed by atoms with van der Waals surface area (Å²) in [5.74, 6) is 0.284. The fourth-order valence-electron chi connectivity index (χ4n) is 4.19. The number of piperidine rings is 1. The monoisotopic (exact) mass is 349 g/mol. The molecule has 6 nitrogen and oxygen atoms in total. The van der Waals surface area contributed by atoms with E-state index in [0.29, 0.717) is 25.5 Å². The van der Waals surface area contributed by atoms with Crippen LogP contribution in [0.2, 0.25) is 0 Å². The molecule has 7 heteroatoms. The molecule has 0 aliphatic carbocycles. The first-order valence-electron chi connectivity index (χ1n) is 8.97. The normalized spacial score (nSPS) is 28.4. The summed E-state index contributed by atoms with van der Waals surface area (Å²) in [6, 6.07) is 4.60. The minimum absolute atomic E-state index is 0.0326. The number of nitrogens with one attached hydrogen (secondary N) is 3. The Hall–Kier alpha value is -1.86. The number of hydrogen-bond donors (Lipinski definition) is 3. The summed E-state index contributed by atoms with van der Waals surface area (Å²) in [7, 11) is 0. The lowest BCUT2D eigenvalue weighted by molar-refractivity contribution is 0.135. The second-order valence-electron chi connectivity index (χ2n) is 7.08. The van der Waals surface area contributed by atoms with Gasteiger partial charge in [-0.25, -0.2) is 9.18 Å². The van der Waals surface area contributed by atoms with Gasteiger partial charge >= 0.3 is 6.03 Å². The van der Waals surface area contributed by atoms with E-state index in [9.17, 15) is 9.18 Å². The highest BCUT2D eigenvalue weighted by Crippen LogP contribution is 2.41. The van der Waals surface area contributed by atoms with Gasteiger partial charge in [0.1, 0.15) is 17.7 Å². The molecule has 0 aromatic heterocycles. The summed E-state index contributed by atoms with van der Waals surface area (Å²) in [4.78, 5) is 12.0. The molecule has 3 fully saturated rings. The Morgan fingerprint density at radius 2 is 2.12 bits per heavy atom. The standard InChI is InChI=1S/C18H24FN3O3/c19-12-1-2-14(16(9-12)25-13-3-8-24-11-13)15-10-21-17(23)22-18(15)4-6-20-7-5-18/h1-2,9,13,15,20H,3-8,10-11H2,(H2,21,22,23)/t13-,15?/m1/s1. The Morgan fingerprint density at radius 1 is 1.28 bits per heavy atom. The Kier molecular flexibility index (Phi) is 4.52. The number of carbonyl (C=O) groups excluding carboxylic acids is 1. The molecule has 3 saturated heterocycles. The van der Waals surface area contributed by atoms with Crippen LogP contribution in [0.5, 0.6) is 5.75 Å². The van der Waals surface area contributed by atoms with Gasteiger partial charge in [-0.05, 0) is 32.0 Å². The van der Waals surface area contributed by atoms with Crippen LogP contribution in [0.4, 0.5) is 9.18 Å². The second kappa shape index (κ2) is 6.80. The smallest absolute Gasteiger partial charge is 0.315 e. The fourth-order valence-corrected chi connectivity index (χ4v) is 4.19. The van der Waals surface area contributed by atoms with Gasteiger partial charge in [-0.1, -0.05) is 6.07 Å². The molecular weight excluding hydrogens is 325 g/mol. The summed E-state index contributed by atoms with van der Waals surface area (Å²) < 4.78 is 25.3. The van der Waals surface area contributed by atoms with Crippen LogP contribution in [0.25, 0.3) is 0 Å². The third-order valence-corrected chi connectivity index (χ3v) is 5.52. The summed E-state index contributed by atoms with van der Waals surface area (Å²) in [5.41, 5.74) is 0.623. The van der Waals surface area contributed by atoms with Gasteiger partial charge in [-0.2, -0.15) is 0 Å². The third kappa shape index (κ3) is 3.30. The Bertz CT molecular complexity index is 642. The van der Waals surface area contributed by atoms with Crippen LogP contribution in [0.1, 0.15) is 30.7 Å². The minimum atomic E-state index is -0.324. The first kappa shape index (κ1) is 16.6. The van der Waals surface area contributed by atoms with E-state index in [-0.39, 0.29) is 29.4 Å². The van der Waals surface area contributed by atoms with Crippen LogP contribution in [-0.2, 0) is 4.74 Å². The van der Waals surface area contributed by atoms with Crippen LogP contribution in [-0.4, -0.2) is 50.5 Å². The van der Waals surface area contributed by atoms with Crippen LogP contribution in [0, 0.1) is 5.82 Å². The highest BCUT2D eigenvalue weighted by molar-refractivity contribution is 5.76. The van der Waals surface area contributed by atoms with Gasteiger partial charge in [0.2, 0.25) is 0 Å². The third-order valence-electron chi connectivity index (χ3n) is 5.52. The topological polar surface area (TPSA) is 71.6 Å². The number of urea groups is 1. The fraction of sp³-hybridized carbons (Fsp3) is 0.611. The highest BCUT2D eigenvalue weighted by atomic mass is 19.1. The molecule has 136 valence electrons. The van der Waals surface area contributed by atoms with Crippen molar-refractivity contribution in [1.82, 2.24) is 16.0 Å². The summed E-state index contributed by atoms with van der Waals surface area (Å²) in [6.07, 6.45) is 2.45. The number of benzene rings is 1. The van der Waals surface area contributed by atoms with Gasteiger partial charge < -0.3 is 25.4 Å². The molecule has 25 heavy (non-hydrogen) atoms. The predicted molar refractivity (Wildman–Crippen MR) is 90.4 cm³/mol. The van der Waals surface area contributed by atoms with E-state index in [0.717, 1.165) is 37.9 Å². The number of ether oxygens (including phenoxy) is 2. The van der Waals surface area contributed by atoms with Crippen molar-refractivity contribution in [3.8, 4) is 5.75 Å². The van der Waals surface area contributed by atoms with Gasteiger partial charge in [-0.15, -0.1) is 0 Å². The second-order valence-corrected chi connectivity index (χ2v) is 7.08. The average Bonchev–Trinajstić information content (AvgIpc) is 3.10. The van der Waals surface area contributed by atoms with Gasteiger partial charge in [-0.3, -0.25) is 0 Å². The maximum Gasteiger partial charge on any atom is 0.315 e. The first-order chi connectivity index (χ1) is 12.2. The summed E-state index contributed by atoms with van der Waals surface area (Å²) >= 11 is 0. The van der Waals surface area contributed by atoms with Gasteiger partial charge in [0.05, 0.1) is 18.8 Å². The average molecular weight is 349 g/mol. The molecule has 3 aliphatic rings. The van der Waals surface area contributed by atoms with Crippen LogP contribution >= 0.6 is 0 Å². The van der Waals surface area contributed by atoms with E-state index >= 15 is 0 Å². The lowest BCUT2D eigenvalue weighted by atomic mass is 9.72. The molecule has 4 rings (SSSR count). The van der Waals surface area contributed by atoms with Crippen molar-refractivity contribution in [1.29, 1.82) is 0 Å². The van der Waals surface area contributed by atoms with Crippen molar-refractivity contribution >= 4 is 6.03 Å². The molecule has 1 aromatic rings. The molecule has 0 bridgehead atoms. The van der Waals surface area contributed by atoms with E-state index in [4.69, 9.17) is 9.47 Å². The van der Waals surface area contributed by atoms with Crippen molar-refractivity contribution < 1.29 is 18.7 Å². The SMILES string of the molecule is O=C1NCC(c2ccc(F)cc2O[C@@H]2CCOC2)C2(CCNCC2)N1. The predicted octanol–water partition coefficient (Wildman–Crippen LogP) is 1.51. The zero-order valence-corrected chi connectivity index (χ0v) is 14.1. The summed E-state index contributed by atoms with van der Waals surface area (Å²) in [6.45, 7) is 3.43. The highest BCUT2D eigenvalue weighted by Gasteiger charge is 2.45. The molecule has 0 saturated carbocycles. The zero-order valence-electron chi connectivity index (χ0n) is 14.1. The molecular formula is C18H24FN3O3. The molecule has 1 aromatic carbocycles. The molecule has 0 radical (unpaired) electrons. The van der Waals surface area contributed by atoms with Crippen molar-refractivity contribution in [3.63, 3.8) is 0 Å². The van der Waals surface area contributed by atoms with Crippen LogP contribution in [0.15, 0.2) is 18.2 Å². The quantitative estimate of drug-likeness (QED) is 0.774. The van der Waals surface area contributed by atoms with Crippen LogP contribution in [0.3, 0.4) is 0 Å². The number of rotatable bonds is 3. The number of carbonyl (C=O) groups is 1. The molecule has 1 unspecified atom stereocenters. The number of amides is 2. The molecule has 2 atom stereocenters. The maximum atomic E-state index is 13.9. The number of halogens is 1. The Morgan fingerprint density at radius 3 is 2.88 bits per heavy atom. The summed E-state index contributed by atoms with van der Waals surface area (Å²) in [5, 5.41) is 9.39.